The van der Waals surface area contributed by atoms with E-state index >= 15 is 0 Å². The second-order valence-corrected chi connectivity index (χ2v) is 4.37. The van der Waals surface area contributed by atoms with E-state index in [1.165, 1.54) is 0 Å². The van der Waals surface area contributed by atoms with Gasteiger partial charge in [-0.25, -0.2) is 4.98 Å². The van der Waals surface area contributed by atoms with Crippen molar-refractivity contribution in [1.29, 1.82) is 0 Å². The summed E-state index contributed by atoms with van der Waals surface area (Å²) in [6, 6.07) is 7.77. The molecule has 0 saturated heterocycles. The summed E-state index contributed by atoms with van der Waals surface area (Å²) in [5.74, 6) is 4.93. The van der Waals surface area contributed by atoms with Crippen LogP contribution in [0.1, 0.15) is 19.7 Å². The number of aromatic nitrogens is 2. The normalized spacial score (nSPS) is 10.2. The number of rotatable bonds is 5. The Bertz CT molecular complexity index is 638. The van der Waals surface area contributed by atoms with Crippen LogP contribution in [0.25, 0.3) is 11.3 Å². The maximum Gasteiger partial charge on any atom is 0.132 e. The van der Waals surface area contributed by atoms with E-state index in [-0.39, 0.29) is 0 Å². The average molecular weight is 269 g/mol. The van der Waals surface area contributed by atoms with Gasteiger partial charge in [0, 0.05) is 12.0 Å². The summed E-state index contributed by atoms with van der Waals surface area (Å²) < 4.78 is 7.39. The molecule has 4 nitrogen and oxygen atoms in total. The Morgan fingerprint density at radius 2 is 2.20 bits per heavy atom. The molecule has 0 aliphatic carbocycles. The van der Waals surface area contributed by atoms with Crippen LogP contribution in [-0.2, 0) is 13.0 Å². The standard InChI is InChI=1S/C16H19N3O/c1-4-10-19-14(5-2)18-15(16(19)17)12-8-7-9-13(11-12)20-6-3/h1,7-9,11H,5-6,10,17H2,2-3H3. The van der Waals surface area contributed by atoms with Gasteiger partial charge in [-0.15, -0.1) is 6.42 Å². The average Bonchev–Trinajstić information content (AvgIpc) is 2.77. The maximum absolute atomic E-state index is 6.19. The summed E-state index contributed by atoms with van der Waals surface area (Å²) in [6.45, 7) is 5.06. The van der Waals surface area contributed by atoms with Crippen LogP contribution < -0.4 is 10.5 Å². The molecule has 0 bridgehead atoms. The maximum atomic E-state index is 6.19. The van der Waals surface area contributed by atoms with Gasteiger partial charge < -0.3 is 15.0 Å². The lowest BCUT2D eigenvalue weighted by molar-refractivity contribution is 0.340. The number of hydrogen-bond acceptors (Lipinski definition) is 3. The number of imidazole rings is 1. The van der Waals surface area contributed by atoms with Crippen molar-refractivity contribution in [1.82, 2.24) is 9.55 Å². The fourth-order valence-electron chi connectivity index (χ4n) is 2.16. The van der Waals surface area contributed by atoms with Crippen molar-refractivity contribution in [2.24, 2.45) is 0 Å². The van der Waals surface area contributed by atoms with Crippen LogP contribution in [0.3, 0.4) is 0 Å². The lowest BCUT2D eigenvalue weighted by Crippen LogP contribution is -2.05. The van der Waals surface area contributed by atoms with E-state index in [4.69, 9.17) is 16.9 Å². The molecule has 104 valence electrons. The van der Waals surface area contributed by atoms with Crippen molar-refractivity contribution < 1.29 is 4.74 Å². The van der Waals surface area contributed by atoms with Gasteiger partial charge in [0.25, 0.3) is 0 Å². The van der Waals surface area contributed by atoms with Crippen molar-refractivity contribution in [3.63, 3.8) is 0 Å². The van der Waals surface area contributed by atoms with Crippen molar-refractivity contribution in [2.75, 3.05) is 12.3 Å². The number of aryl methyl sites for hydroxylation is 1. The molecular weight excluding hydrogens is 250 g/mol. The van der Waals surface area contributed by atoms with Crippen molar-refractivity contribution >= 4 is 5.82 Å². The molecule has 0 saturated carbocycles. The molecule has 1 aromatic heterocycles. The van der Waals surface area contributed by atoms with Crippen LogP contribution in [0.5, 0.6) is 5.75 Å². The summed E-state index contributed by atoms with van der Waals surface area (Å²) in [5, 5.41) is 0. The minimum Gasteiger partial charge on any atom is -0.494 e. The molecule has 0 radical (unpaired) electrons. The molecule has 4 heteroatoms. The third-order valence-electron chi connectivity index (χ3n) is 3.07. The zero-order valence-electron chi connectivity index (χ0n) is 11.9. The number of terminal acetylenes is 1. The molecule has 2 aromatic rings. The second-order valence-electron chi connectivity index (χ2n) is 4.37. The Hall–Kier alpha value is -2.41. The van der Waals surface area contributed by atoms with Crippen molar-refractivity contribution in [2.45, 2.75) is 26.8 Å². The van der Waals surface area contributed by atoms with Crippen LogP contribution >= 0.6 is 0 Å². The minimum atomic E-state index is 0.438. The van der Waals surface area contributed by atoms with Gasteiger partial charge in [0.15, 0.2) is 0 Å². The first kappa shape index (κ1) is 14.0. The van der Waals surface area contributed by atoms with E-state index in [9.17, 15) is 0 Å². The zero-order valence-corrected chi connectivity index (χ0v) is 11.9. The molecule has 2 N–H and O–H groups in total. The lowest BCUT2D eigenvalue weighted by atomic mass is 10.1. The molecule has 0 aliphatic rings. The Balaban J connectivity index is 2.47. The molecule has 0 atom stereocenters. The van der Waals surface area contributed by atoms with Crippen LogP contribution in [-0.4, -0.2) is 16.2 Å². The molecule has 1 aromatic carbocycles. The summed E-state index contributed by atoms with van der Waals surface area (Å²) in [4.78, 5) is 4.61. The predicted octanol–water partition coefficient (Wildman–Crippen LogP) is 2.73. The monoisotopic (exact) mass is 269 g/mol. The number of nitrogens with zero attached hydrogens (tertiary/aromatic N) is 2. The second kappa shape index (κ2) is 6.16. The van der Waals surface area contributed by atoms with E-state index < -0.39 is 0 Å². The van der Waals surface area contributed by atoms with Gasteiger partial charge >= 0.3 is 0 Å². The summed E-state index contributed by atoms with van der Waals surface area (Å²) in [7, 11) is 0. The molecule has 0 fully saturated rings. The Kier molecular flexibility index (Phi) is 4.31. The minimum absolute atomic E-state index is 0.438. The SMILES string of the molecule is C#CCn1c(CC)nc(-c2cccc(OCC)c2)c1N. The van der Waals surface area contributed by atoms with Gasteiger partial charge in [0.2, 0.25) is 0 Å². The van der Waals surface area contributed by atoms with Gasteiger partial charge in [-0.05, 0) is 19.1 Å². The Morgan fingerprint density at radius 3 is 2.85 bits per heavy atom. The van der Waals surface area contributed by atoms with E-state index in [0.717, 1.165) is 29.3 Å². The Labute approximate surface area is 119 Å². The lowest BCUT2D eigenvalue weighted by Gasteiger charge is -2.06. The molecule has 0 amide bonds. The number of nitrogen functional groups attached to an aromatic ring is 1. The largest absolute Gasteiger partial charge is 0.494 e. The summed E-state index contributed by atoms with van der Waals surface area (Å²) in [5.41, 5.74) is 7.89. The van der Waals surface area contributed by atoms with E-state index in [2.05, 4.69) is 10.9 Å². The Morgan fingerprint density at radius 1 is 1.40 bits per heavy atom. The van der Waals surface area contributed by atoms with Crippen molar-refractivity contribution in [3.8, 4) is 29.4 Å². The first-order chi connectivity index (χ1) is 9.71. The topological polar surface area (TPSA) is 53.1 Å². The number of anilines is 1. The van der Waals surface area contributed by atoms with Crippen LogP contribution in [0.2, 0.25) is 0 Å². The third-order valence-corrected chi connectivity index (χ3v) is 3.07. The quantitative estimate of drug-likeness (QED) is 0.849. The molecule has 0 aliphatic heterocycles. The number of ether oxygens (including phenoxy) is 1. The van der Waals surface area contributed by atoms with Crippen LogP contribution in [0.15, 0.2) is 24.3 Å². The molecule has 1 heterocycles. The van der Waals surface area contributed by atoms with Gasteiger partial charge in [0.05, 0.1) is 13.2 Å². The van der Waals surface area contributed by atoms with Gasteiger partial charge in [-0.3, -0.25) is 0 Å². The first-order valence-electron chi connectivity index (χ1n) is 6.72. The molecule has 20 heavy (non-hydrogen) atoms. The van der Waals surface area contributed by atoms with Crippen LogP contribution in [0.4, 0.5) is 5.82 Å². The highest BCUT2D eigenvalue weighted by Gasteiger charge is 2.14. The summed E-state index contributed by atoms with van der Waals surface area (Å²) >= 11 is 0. The molecular formula is C16H19N3O. The molecule has 0 unspecified atom stereocenters. The first-order valence-corrected chi connectivity index (χ1v) is 6.72. The highest BCUT2D eigenvalue weighted by Crippen LogP contribution is 2.29. The molecule has 0 spiro atoms. The third kappa shape index (κ3) is 2.62. The number of hydrogen-bond donors (Lipinski definition) is 1. The number of benzene rings is 1. The highest BCUT2D eigenvalue weighted by atomic mass is 16.5. The van der Waals surface area contributed by atoms with Gasteiger partial charge in [0.1, 0.15) is 23.1 Å². The molecule has 2 rings (SSSR count). The fourth-order valence-corrected chi connectivity index (χ4v) is 2.16. The predicted molar refractivity (Wildman–Crippen MR) is 81.5 cm³/mol. The van der Waals surface area contributed by atoms with E-state index in [0.29, 0.717) is 19.0 Å². The highest BCUT2D eigenvalue weighted by molar-refractivity contribution is 5.72. The van der Waals surface area contributed by atoms with E-state index in [1.54, 1.807) is 0 Å². The van der Waals surface area contributed by atoms with E-state index in [1.807, 2.05) is 42.7 Å². The zero-order chi connectivity index (χ0) is 14.5. The number of nitrogens with two attached hydrogens (primary N) is 1. The van der Waals surface area contributed by atoms with Gasteiger partial charge in [-0.2, -0.15) is 0 Å². The summed E-state index contributed by atoms with van der Waals surface area (Å²) in [6.07, 6.45) is 6.18. The fraction of sp³-hybridized carbons (Fsp3) is 0.312. The van der Waals surface area contributed by atoms with Crippen molar-refractivity contribution in [3.05, 3.63) is 30.1 Å². The smallest absolute Gasteiger partial charge is 0.132 e. The van der Waals surface area contributed by atoms with Crippen LogP contribution in [0, 0.1) is 12.3 Å². The van der Waals surface area contributed by atoms with Gasteiger partial charge in [-0.1, -0.05) is 25.0 Å².